The lowest BCUT2D eigenvalue weighted by molar-refractivity contribution is -0.118. The van der Waals surface area contributed by atoms with Crippen LogP contribution in [0.2, 0.25) is 0 Å². The Labute approximate surface area is 177 Å². The Kier molecular flexibility index (Phi) is 5.66. The van der Waals surface area contributed by atoms with Gasteiger partial charge in [0.15, 0.2) is 0 Å². The van der Waals surface area contributed by atoms with Crippen molar-refractivity contribution in [3.05, 3.63) is 96.1 Å². The number of para-hydroxylation sites is 2. The van der Waals surface area contributed by atoms with Crippen molar-refractivity contribution in [2.45, 2.75) is 38.8 Å². The Hall–Kier alpha value is -3.40. The van der Waals surface area contributed by atoms with Gasteiger partial charge >= 0.3 is 0 Å². The summed E-state index contributed by atoms with van der Waals surface area (Å²) in [5, 5.41) is 0. The summed E-state index contributed by atoms with van der Waals surface area (Å²) in [6.45, 7) is 3.95. The van der Waals surface area contributed by atoms with Crippen LogP contribution in [0.15, 0.2) is 84.9 Å². The predicted octanol–water partition coefficient (Wildman–Crippen LogP) is 5.61. The minimum atomic E-state index is -0.120. The van der Waals surface area contributed by atoms with Gasteiger partial charge in [0.2, 0.25) is 5.91 Å². The Balaban J connectivity index is 1.79. The number of hydrogen-bond donors (Lipinski definition) is 0. The fraction of sp³-hybridized carbons (Fsp3) is 0.231. The van der Waals surface area contributed by atoms with E-state index in [2.05, 4.69) is 6.92 Å². The van der Waals surface area contributed by atoms with Crippen molar-refractivity contribution in [3.8, 4) is 0 Å². The van der Waals surface area contributed by atoms with Gasteiger partial charge in [0, 0.05) is 29.4 Å². The highest BCUT2D eigenvalue weighted by molar-refractivity contribution is 6.07. The van der Waals surface area contributed by atoms with Crippen LogP contribution in [0, 0.1) is 0 Å². The number of carbonyl (C=O) groups is 2. The molecular formula is C26H26N2O2. The first-order chi connectivity index (χ1) is 14.6. The van der Waals surface area contributed by atoms with E-state index in [-0.39, 0.29) is 23.9 Å². The predicted molar refractivity (Wildman–Crippen MR) is 121 cm³/mol. The first-order valence-electron chi connectivity index (χ1n) is 10.5. The Morgan fingerprint density at radius 3 is 2.17 bits per heavy atom. The molecule has 0 aromatic heterocycles. The molecule has 3 aromatic rings. The quantitative estimate of drug-likeness (QED) is 0.573. The average molecular weight is 399 g/mol. The van der Waals surface area contributed by atoms with E-state index in [1.807, 2.05) is 102 Å². The number of fused-ring (bicyclic) bond motifs is 1. The highest BCUT2D eigenvalue weighted by atomic mass is 16.2. The number of benzene rings is 3. The van der Waals surface area contributed by atoms with E-state index >= 15 is 0 Å². The van der Waals surface area contributed by atoms with Gasteiger partial charge < -0.3 is 9.80 Å². The van der Waals surface area contributed by atoms with Crippen LogP contribution in [0.3, 0.4) is 0 Å². The summed E-state index contributed by atoms with van der Waals surface area (Å²) in [6.07, 6.45) is 1.10. The zero-order valence-electron chi connectivity index (χ0n) is 17.4. The van der Waals surface area contributed by atoms with E-state index < -0.39 is 0 Å². The van der Waals surface area contributed by atoms with Gasteiger partial charge in [-0.1, -0.05) is 61.5 Å². The van der Waals surface area contributed by atoms with Crippen LogP contribution in [-0.2, 0) is 4.79 Å². The molecule has 0 saturated carbocycles. The summed E-state index contributed by atoms with van der Waals surface area (Å²) in [6, 6.07) is 27.0. The van der Waals surface area contributed by atoms with Gasteiger partial charge in [-0.15, -0.1) is 0 Å². The molecule has 4 rings (SSSR count). The third kappa shape index (κ3) is 3.61. The molecule has 0 fully saturated rings. The Morgan fingerprint density at radius 1 is 0.900 bits per heavy atom. The molecule has 0 bridgehead atoms. The largest absolute Gasteiger partial charge is 0.305 e. The topological polar surface area (TPSA) is 40.6 Å². The van der Waals surface area contributed by atoms with Gasteiger partial charge in [-0.3, -0.25) is 9.59 Å². The molecule has 2 atom stereocenters. The van der Waals surface area contributed by atoms with Crippen LogP contribution in [0.25, 0.3) is 0 Å². The molecule has 2 unspecified atom stereocenters. The van der Waals surface area contributed by atoms with Gasteiger partial charge in [0.25, 0.3) is 5.91 Å². The highest BCUT2D eigenvalue weighted by Gasteiger charge is 2.38. The normalized spacial score (nSPS) is 17.9. The molecule has 1 heterocycles. The standard InChI is InChI=1S/C26H26N2O2/c1-3-25(29)28(21-14-8-5-9-15-21)24-18-19(2)27(23-17-11-10-16-22(23)24)26(30)20-12-6-4-7-13-20/h4-17,19,24H,3,18H2,1-2H3. The van der Waals surface area contributed by atoms with Crippen LogP contribution < -0.4 is 9.80 Å². The van der Waals surface area contributed by atoms with Gasteiger partial charge in [-0.05, 0) is 49.2 Å². The lowest BCUT2D eigenvalue weighted by Crippen LogP contribution is -2.47. The number of hydrogen-bond acceptors (Lipinski definition) is 2. The van der Waals surface area contributed by atoms with E-state index in [9.17, 15) is 9.59 Å². The molecule has 0 N–H and O–H groups in total. The maximum Gasteiger partial charge on any atom is 0.258 e. The van der Waals surface area contributed by atoms with Crippen LogP contribution in [0.4, 0.5) is 11.4 Å². The third-order valence-corrected chi connectivity index (χ3v) is 5.72. The summed E-state index contributed by atoms with van der Waals surface area (Å²) in [7, 11) is 0. The molecule has 152 valence electrons. The Bertz CT molecular complexity index is 1030. The summed E-state index contributed by atoms with van der Waals surface area (Å²) in [5.41, 5.74) is 3.44. The van der Waals surface area contributed by atoms with Crippen molar-refractivity contribution >= 4 is 23.2 Å². The van der Waals surface area contributed by atoms with E-state index in [1.54, 1.807) is 0 Å². The zero-order valence-corrected chi connectivity index (χ0v) is 17.4. The van der Waals surface area contributed by atoms with Crippen molar-refractivity contribution < 1.29 is 9.59 Å². The molecule has 0 aliphatic carbocycles. The van der Waals surface area contributed by atoms with Crippen molar-refractivity contribution in [3.63, 3.8) is 0 Å². The van der Waals surface area contributed by atoms with Gasteiger partial charge in [0.05, 0.1) is 6.04 Å². The molecule has 4 heteroatoms. The number of amides is 2. The zero-order chi connectivity index (χ0) is 21.1. The second kappa shape index (κ2) is 8.54. The van der Waals surface area contributed by atoms with Crippen molar-refractivity contribution in [2.75, 3.05) is 9.80 Å². The summed E-state index contributed by atoms with van der Waals surface area (Å²) < 4.78 is 0. The van der Waals surface area contributed by atoms with Crippen LogP contribution >= 0.6 is 0 Å². The molecule has 2 amide bonds. The number of rotatable bonds is 4. The van der Waals surface area contributed by atoms with Crippen LogP contribution in [0.5, 0.6) is 0 Å². The monoisotopic (exact) mass is 398 g/mol. The molecule has 1 aliphatic rings. The first kappa shape index (κ1) is 19.9. The SMILES string of the molecule is CCC(=O)N(c1ccccc1)C1CC(C)N(C(=O)c2ccccc2)c2ccccc21. The Morgan fingerprint density at radius 2 is 1.50 bits per heavy atom. The molecule has 3 aromatic carbocycles. The second-order valence-electron chi connectivity index (χ2n) is 7.65. The third-order valence-electron chi connectivity index (χ3n) is 5.72. The smallest absolute Gasteiger partial charge is 0.258 e. The van der Waals surface area contributed by atoms with E-state index in [0.717, 1.165) is 16.9 Å². The van der Waals surface area contributed by atoms with Gasteiger partial charge in [-0.25, -0.2) is 0 Å². The summed E-state index contributed by atoms with van der Waals surface area (Å²) >= 11 is 0. The number of nitrogens with zero attached hydrogens (tertiary/aromatic N) is 2. The van der Waals surface area contributed by atoms with E-state index in [4.69, 9.17) is 0 Å². The molecular weight excluding hydrogens is 372 g/mol. The van der Waals surface area contributed by atoms with Crippen molar-refractivity contribution in [1.82, 2.24) is 0 Å². The molecule has 0 spiro atoms. The molecule has 30 heavy (non-hydrogen) atoms. The van der Waals surface area contributed by atoms with Gasteiger partial charge in [0.1, 0.15) is 0 Å². The fourth-order valence-electron chi connectivity index (χ4n) is 4.31. The average Bonchev–Trinajstić information content (AvgIpc) is 2.80. The minimum Gasteiger partial charge on any atom is -0.305 e. The number of anilines is 2. The fourth-order valence-corrected chi connectivity index (χ4v) is 4.31. The van der Waals surface area contributed by atoms with Crippen LogP contribution in [0.1, 0.15) is 48.7 Å². The second-order valence-corrected chi connectivity index (χ2v) is 7.65. The van der Waals surface area contributed by atoms with E-state index in [1.165, 1.54) is 0 Å². The highest BCUT2D eigenvalue weighted by Crippen LogP contribution is 2.42. The van der Waals surface area contributed by atoms with Gasteiger partial charge in [-0.2, -0.15) is 0 Å². The maximum absolute atomic E-state index is 13.4. The summed E-state index contributed by atoms with van der Waals surface area (Å²) in [4.78, 5) is 30.1. The molecule has 1 aliphatic heterocycles. The van der Waals surface area contributed by atoms with E-state index in [0.29, 0.717) is 18.4 Å². The molecule has 0 radical (unpaired) electrons. The lowest BCUT2D eigenvalue weighted by atomic mass is 9.89. The maximum atomic E-state index is 13.4. The van der Waals surface area contributed by atoms with Crippen molar-refractivity contribution in [2.24, 2.45) is 0 Å². The number of carbonyl (C=O) groups excluding carboxylic acids is 2. The lowest BCUT2D eigenvalue weighted by Gasteiger charge is -2.43. The van der Waals surface area contributed by atoms with Crippen LogP contribution in [-0.4, -0.2) is 17.9 Å². The first-order valence-corrected chi connectivity index (χ1v) is 10.5. The molecule has 4 nitrogen and oxygen atoms in total. The summed E-state index contributed by atoms with van der Waals surface area (Å²) in [5.74, 6) is 0.0677. The molecule has 0 saturated heterocycles. The van der Waals surface area contributed by atoms with Crippen molar-refractivity contribution in [1.29, 1.82) is 0 Å². The minimum absolute atomic E-state index is 0.0120.